The minimum absolute atomic E-state index is 0.0561. The molecule has 0 spiro atoms. The average Bonchev–Trinajstić information content (AvgIpc) is 3.51. The second kappa shape index (κ2) is 12.2. The Hall–Kier alpha value is -3.70. The molecule has 8 nitrogen and oxygen atoms in total. The standard InChI is InChI=1S/C27H27FN4O4S2/c1-5-32-22(13-36-20-11-6-16(2)17(3)12-20)30-31-27(32)38-15-23(33)29-25-24(26(34)35-4)21(14-37-25)18-7-9-19(28)10-8-18/h6-12,14H,5,13,15H2,1-4H3,(H,29,33). The van der Waals surface area contributed by atoms with Crippen LogP contribution >= 0.6 is 23.1 Å². The molecule has 2 aromatic carbocycles. The van der Waals surface area contributed by atoms with E-state index in [4.69, 9.17) is 9.47 Å². The van der Waals surface area contributed by atoms with Crippen molar-refractivity contribution in [3.05, 3.63) is 76.2 Å². The van der Waals surface area contributed by atoms with Crippen molar-refractivity contribution in [2.24, 2.45) is 0 Å². The van der Waals surface area contributed by atoms with E-state index >= 15 is 0 Å². The molecule has 0 saturated carbocycles. The lowest BCUT2D eigenvalue weighted by Crippen LogP contribution is -2.16. The summed E-state index contributed by atoms with van der Waals surface area (Å²) in [7, 11) is 1.27. The predicted molar refractivity (Wildman–Crippen MR) is 146 cm³/mol. The van der Waals surface area contributed by atoms with E-state index in [1.807, 2.05) is 43.5 Å². The lowest BCUT2D eigenvalue weighted by molar-refractivity contribution is -0.113. The minimum Gasteiger partial charge on any atom is -0.486 e. The first-order valence-electron chi connectivity index (χ1n) is 11.8. The predicted octanol–water partition coefficient (Wildman–Crippen LogP) is 5.88. The monoisotopic (exact) mass is 554 g/mol. The number of hydrogen-bond acceptors (Lipinski definition) is 8. The van der Waals surface area contributed by atoms with Crippen LogP contribution in [0.4, 0.5) is 9.39 Å². The Bertz CT molecular complexity index is 1450. The van der Waals surface area contributed by atoms with Gasteiger partial charge in [-0.05, 0) is 61.7 Å². The fraction of sp³-hybridized carbons (Fsp3) is 0.259. The molecule has 4 rings (SSSR count). The average molecular weight is 555 g/mol. The molecular weight excluding hydrogens is 527 g/mol. The Balaban J connectivity index is 1.42. The van der Waals surface area contributed by atoms with Gasteiger partial charge in [0.2, 0.25) is 5.91 Å². The van der Waals surface area contributed by atoms with Crippen molar-refractivity contribution in [1.82, 2.24) is 14.8 Å². The summed E-state index contributed by atoms with van der Waals surface area (Å²) in [5, 5.41) is 14.0. The second-order valence-corrected chi connectivity index (χ2v) is 10.2. The molecule has 0 fully saturated rings. The molecule has 198 valence electrons. The number of esters is 1. The molecule has 0 unspecified atom stereocenters. The van der Waals surface area contributed by atoms with E-state index in [-0.39, 0.29) is 29.6 Å². The van der Waals surface area contributed by atoms with E-state index in [0.717, 1.165) is 11.3 Å². The number of aromatic nitrogens is 3. The Kier molecular flexibility index (Phi) is 8.80. The van der Waals surface area contributed by atoms with E-state index in [9.17, 15) is 14.0 Å². The van der Waals surface area contributed by atoms with Gasteiger partial charge in [-0.2, -0.15) is 0 Å². The van der Waals surface area contributed by atoms with Crippen LogP contribution in [0.1, 0.15) is 34.2 Å². The maximum atomic E-state index is 13.4. The number of hydrogen-bond donors (Lipinski definition) is 1. The number of rotatable bonds is 10. The van der Waals surface area contributed by atoms with Crippen molar-refractivity contribution >= 4 is 40.0 Å². The molecular formula is C27H27FN4O4S2. The number of nitrogens with one attached hydrogen (secondary N) is 1. The third-order valence-corrected chi connectivity index (χ3v) is 7.74. The highest BCUT2D eigenvalue weighted by Gasteiger charge is 2.23. The van der Waals surface area contributed by atoms with E-state index in [2.05, 4.69) is 15.5 Å². The number of aryl methyl sites for hydroxylation is 2. The number of thiophene rings is 1. The molecule has 0 aliphatic rings. The van der Waals surface area contributed by atoms with Gasteiger partial charge in [0.25, 0.3) is 0 Å². The number of carbonyl (C=O) groups excluding carboxylic acids is 2. The SMILES string of the molecule is CCn1c(COc2ccc(C)c(C)c2)nnc1SCC(=O)Nc1scc(-c2ccc(F)cc2)c1C(=O)OC. The zero-order valence-electron chi connectivity index (χ0n) is 21.4. The summed E-state index contributed by atoms with van der Waals surface area (Å²) in [6, 6.07) is 11.7. The second-order valence-electron chi connectivity index (χ2n) is 8.37. The number of halogens is 1. The smallest absolute Gasteiger partial charge is 0.341 e. The molecule has 38 heavy (non-hydrogen) atoms. The number of ether oxygens (including phenoxy) is 2. The highest BCUT2D eigenvalue weighted by molar-refractivity contribution is 7.99. The fourth-order valence-electron chi connectivity index (χ4n) is 3.69. The molecule has 1 N–H and O–H groups in total. The summed E-state index contributed by atoms with van der Waals surface area (Å²) < 4.78 is 26.1. The molecule has 0 aliphatic carbocycles. The van der Waals surface area contributed by atoms with Crippen LogP contribution < -0.4 is 10.1 Å². The van der Waals surface area contributed by atoms with Gasteiger partial charge in [-0.1, -0.05) is 30.0 Å². The molecule has 4 aromatic rings. The van der Waals surface area contributed by atoms with Crippen molar-refractivity contribution in [3.63, 3.8) is 0 Å². The molecule has 0 atom stereocenters. The summed E-state index contributed by atoms with van der Waals surface area (Å²) in [5.41, 5.74) is 3.77. The van der Waals surface area contributed by atoms with E-state index in [0.29, 0.717) is 33.7 Å². The first-order valence-corrected chi connectivity index (χ1v) is 13.7. The van der Waals surface area contributed by atoms with E-state index in [1.165, 1.54) is 47.9 Å². The number of benzene rings is 2. The Morgan fingerprint density at radius 1 is 1.11 bits per heavy atom. The number of carbonyl (C=O) groups is 2. The van der Waals surface area contributed by atoms with Crippen LogP contribution in [-0.4, -0.2) is 39.5 Å². The zero-order chi connectivity index (χ0) is 27.2. The van der Waals surface area contributed by atoms with Crippen molar-refractivity contribution in [1.29, 1.82) is 0 Å². The van der Waals surface area contributed by atoms with Gasteiger partial charge in [0.05, 0.1) is 12.9 Å². The maximum absolute atomic E-state index is 13.4. The third kappa shape index (κ3) is 6.22. The molecule has 11 heteroatoms. The number of methoxy groups -OCH3 is 1. The Morgan fingerprint density at radius 2 is 1.87 bits per heavy atom. The van der Waals surface area contributed by atoms with Gasteiger partial charge in [0.15, 0.2) is 11.0 Å². The maximum Gasteiger partial charge on any atom is 0.341 e. The highest BCUT2D eigenvalue weighted by atomic mass is 32.2. The van der Waals surface area contributed by atoms with Crippen LogP contribution in [0.25, 0.3) is 11.1 Å². The largest absolute Gasteiger partial charge is 0.486 e. The molecule has 0 saturated heterocycles. The molecule has 0 radical (unpaired) electrons. The van der Waals surface area contributed by atoms with Crippen LogP contribution in [0.2, 0.25) is 0 Å². The van der Waals surface area contributed by atoms with Crippen molar-refractivity contribution in [3.8, 4) is 16.9 Å². The highest BCUT2D eigenvalue weighted by Crippen LogP contribution is 2.36. The minimum atomic E-state index is -0.590. The fourth-order valence-corrected chi connectivity index (χ4v) is 5.49. The van der Waals surface area contributed by atoms with Gasteiger partial charge in [-0.25, -0.2) is 9.18 Å². The Morgan fingerprint density at radius 3 is 2.55 bits per heavy atom. The lowest BCUT2D eigenvalue weighted by Gasteiger charge is -2.10. The number of nitrogens with zero attached hydrogens (tertiary/aromatic N) is 3. The number of amides is 1. The van der Waals surface area contributed by atoms with E-state index < -0.39 is 5.97 Å². The van der Waals surface area contributed by atoms with Gasteiger partial charge in [0.1, 0.15) is 28.7 Å². The third-order valence-electron chi connectivity index (χ3n) is 5.88. The van der Waals surface area contributed by atoms with Crippen LogP contribution in [0.3, 0.4) is 0 Å². The normalized spacial score (nSPS) is 10.9. The quantitative estimate of drug-likeness (QED) is 0.193. The lowest BCUT2D eigenvalue weighted by atomic mass is 10.0. The van der Waals surface area contributed by atoms with Gasteiger partial charge in [0, 0.05) is 17.5 Å². The van der Waals surface area contributed by atoms with Crippen molar-refractivity contribution in [2.75, 3.05) is 18.2 Å². The zero-order valence-corrected chi connectivity index (χ0v) is 23.0. The van der Waals surface area contributed by atoms with E-state index in [1.54, 1.807) is 17.5 Å². The Labute approximate surface area is 228 Å². The van der Waals surface area contributed by atoms with Crippen LogP contribution in [0.5, 0.6) is 5.75 Å². The summed E-state index contributed by atoms with van der Waals surface area (Å²) in [4.78, 5) is 25.3. The molecule has 2 heterocycles. The van der Waals surface area contributed by atoms with Crippen LogP contribution in [-0.2, 0) is 22.7 Å². The van der Waals surface area contributed by atoms with Crippen LogP contribution in [0, 0.1) is 19.7 Å². The van der Waals surface area contributed by atoms with Gasteiger partial charge in [-0.15, -0.1) is 21.5 Å². The van der Waals surface area contributed by atoms with Gasteiger partial charge in [-0.3, -0.25) is 4.79 Å². The molecule has 1 amide bonds. The summed E-state index contributed by atoms with van der Waals surface area (Å²) in [6.07, 6.45) is 0. The van der Waals surface area contributed by atoms with Gasteiger partial charge >= 0.3 is 5.97 Å². The van der Waals surface area contributed by atoms with Gasteiger partial charge < -0.3 is 19.4 Å². The molecule has 2 aromatic heterocycles. The first kappa shape index (κ1) is 27.3. The molecule has 0 aliphatic heterocycles. The molecule has 0 bridgehead atoms. The van der Waals surface area contributed by atoms with Crippen molar-refractivity contribution < 1.29 is 23.5 Å². The van der Waals surface area contributed by atoms with Crippen molar-refractivity contribution in [2.45, 2.75) is 39.1 Å². The summed E-state index contributed by atoms with van der Waals surface area (Å²) >= 11 is 2.44. The first-order chi connectivity index (χ1) is 18.3. The number of anilines is 1. The number of thioether (sulfide) groups is 1. The van der Waals surface area contributed by atoms with Crippen LogP contribution in [0.15, 0.2) is 53.0 Å². The summed E-state index contributed by atoms with van der Waals surface area (Å²) in [5.74, 6) is 0.182. The summed E-state index contributed by atoms with van der Waals surface area (Å²) in [6.45, 7) is 6.91. The topological polar surface area (TPSA) is 95.3 Å².